The first-order valence-corrected chi connectivity index (χ1v) is 6.13. The van der Waals surface area contributed by atoms with Crippen LogP contribution >= 0.6 is 0 Å². The molecule has 1 aromatic carbocycles. The zero-order valence-electron chi connectivity index (χ0n) is 9.90. The maximum absolute atomic E-state index is 13.6. The summed E-state index contributed by atoms with van der Waals surface area (Å²) in [5.74, 6) is 0.760. The monoisotopic (exact) mass is 247 g/mol. The second-order valence-corrected chi connectivity index (χ2v) is 4.47. The molecule has 94 valence electrons. The molecule has 0 saturated carbocycles. The highest BCUT2D eigenvalue weighted by Gasteiger charge is 2.22. The average Bonchev–Trinajstić information content (AvgIpc) is 2.90. The molecule has 0 bridgehead atoms. The van der Waals surface area contributed by atoms with Crippen LogP contribution in [0.15, 0.2) is 28.7 Å². The molecule has 1 N–H and O–H groups in total. The molecule has 1 aliphatic heterocycles. The average molecular weight is 247 g/mol. The summed E-state index contributed by atoms with van der Waals surface area (Å²) in [4.78, 5) is 0. The Balaban J connectivity index is 1.87. The van der Waals surface area contributed by atoms with Gasteiger partial charge in [-0.2, -0.15) is 0 Å². The maximum atomic E-state index is 13.6. The standard InChI is InChI=1S/C13H14FN3O/c14-11-6-2-1-5-10(11)13-17-16-12(18-13)9-4-3-7-15-8-9/h1-2,5-6,9,15H,3-4,7-8H2/t9-/m1/s1. The van der Waals surface area contributed by atoms with Gasteiger partial charge in [-0.05, 0) is 31.5 Å². The van der Waals surface area contributed by atoms with Crippen LogP contribution in [0.25, 0.3) is 11.5 Å². The van der Waals surface area contributed by atoms with E-state index in [1.54, 1.807) is 18.2 Å². The van der Waals surface area contributed by atoms with Crippen LogP contribution in [0.5, 0.6) is 0 Å². The van der Waals surface area contributed by atoms with Gasteiger partial charge in [-0.1, -0.05) is 12.1 Å². The molecule has 5 heteroatoms. The summed E-state index contributed by atoms with van der Waals surface area (Å²) in [7, 11) is 0. The molecule has 1 fully saturated rings. The van der Waals surface area contributed by atoms with Gasteiger partial charge in [-0.25, -0.2) is 4.39 Å². The Kier molecular flexibility index (Phi) is 3.06. The predicted molar refractivity (Wildman–Crippen MR) is 64.5 cm³/mol. The van der Waals surface area contributed by atoms with Crippen LogP contribution in [0, 0.1) is 5.82 Å². The van der Waals surface area contributed by atoms with Crippen molar-refractivity contribution in [2.75, 3.05) is 13.1 Å². The van der Waals surface area contributed by atoms with Crippen molar-refractivity contribution >= 4 is 0 Å². The second-order valence-electron chi connectivity index (χ2n) is 4.47. The summed E-state index contributed by atoms with van der Waals surface area (Å²) < 4.78 is 19.2. The van der Waals surface area contributed by atoms with Crippen LogP contribution in [0.2, 0.25) is 0 Å². The molecule has 1 atom stereocenters. The highest BCUT2D eigenvalue weighted by Crippen LogP contribution is 2.26. The van der Waals surface area contributed by atoms with Crippen LogP contribution in [-0.2, 0) is 0 Å². The number of benzene rings is 1. The Hall–Kier alpha value is -1.75. The Bertz CT molecular complexity index is 535. The van der Waals surface area contributed by atoms with Gasteiger partial charge in [0.25, 0.3) is 5.89 Å². The van der Waals surface area contributed by atoms with E-state index in [0.717, 1.165) is 25.9 Å². The molecule has 2 aromatic rings. The molecule has 1 aromatic heterocycles. The quantitative estimate of drug-likeness (QED) is 0.885. The van der Waals surface area contributed by atoms with Gasteiger partial charge in [0.15, 0.2) is 0 Å². The van der Waals surface area contributed by atoms with Crippen molar-refractivity contribution in [3.8, 4) is 11.5 Å². The van der Waals surface area contributed by atoms with E-state index in [0.29, 0.717) is 11.5 Å². The van der Waals surface area contributed by atoms with Crippen molar-refractivity contribution in [3.05, 3.63) is 36.0 Å². The molecule has 0 unspecified atom stereocenters. The molecule has 0 spiro atoms. The first-order chi connectivity index (χ1) is 8.84. The topological polar surface area (TPSA) is 51.0 Å². The summed E-state index contributed by atoms with van der Waals surface area (Å²) in [6.07, 6.45) is 2.13. The Labute approximate surface area is 104 Å². The minimum Gasteiger partial charge on any atom is -0.420 e. The lowest BCUT2D eigenvalue weighted by Gasteiger charge is -2.18. The van der Waals surface area contributed by atoms with E-state index in [2.05, 4.69) is 15.5 Å². The minimum absolute atomic E-state index is 0.242. The minimum atomic E-state index is -0.338. The van der Waals surface area contributed by atoms with Crippen molar-refractivity contribution in [2.24, 2.45) is 0 Å². The van der Waals surface area contributed by atoms with Crippen LogP contribution in [-0.4, -0.2) is 23.3 Å². The number of hydrogen-bond acceptors (Lipinski definition) is 4. The van der Waals surface area contributed by atoms with E-state index >= 15 is 0 Å². The van der Waals surface area contributed by atoms with Crippen molar-refractivity contribution in [3.63, 3.8) is 0 Å². The number of aromatic nitrogens is 2. The molecular weight excluding hydrogens is 233 g/mol. The molecule has 0 radical (unpaired) electrons. The molecular formula is C13H14FN3O. The zero-order chi connectivity index (χ0) is 12.4. The van der Waals surface area contributed by atoms with E-state index in [1.165, 1.54) is 6.07 Å². The fourth-order valence-corrected chi connectivity index (χ4v) is 2.21. The number of nitrogens with one attached hydrogen (secondary N) is 1. The largest absolute Gasteiger partial charge is 0.420 e. The maximum Gasteiger partial charge on any atom is 0.250 e. The van der Waals surface area contributed by atoms with Crippen LogP contribution in [0.1, 0.15) is 24.7 Å². The molecule has 2 heterocycles. The van der Waals surface area contributed by atoms with Crippen molar-refractivity contribution in [1.82, 2.24) is 15.5 Å². The van der Waals surface area contributed by atoms with Crippen molar-refractivity contribution < 1.29 is 8.81 Å². The molecule has 0 amide bonds. The van der Waals surface area contributed by atoms with Crippen LogP contribution in [0.4, 0.5) is 4.39 Å². The second kappa shape index (κ2) is 4.86. The van der Waals surface area contributed by atoms with Gasteiger partial charge < -0.3 is 9.73 Å². The van der Waals surface area contributed by atoms with Gasteiger partial charge in [-0.15, -0.1) is 10.2 Å². The lowest BCUT2D eigenvalue weighted by molar-refractivity contribution is 0.380. The highest BCUT2D eigenvalue weighted by atomic mass is 19.1. The normalized spacial score (nSPS) is 19.9. The highest BCUT2D eigenvalue weighted by molar-refractivity contribution is 5.53. The van der Waals surface area contributed by atoms with E-state index in [1.807, 2.05) is 0 Å². The van der Waals surface area contributed by atoms with Crippen molar-refractivity contribution in [1.29, 1.82) is 0 Å². The Morgan fingerprint density at radius 1 is 1.28 bits per heavy atom. The van der Waals surface area contributed by atoms with Crippen molar-refractivity contribution in [2.45, 2.75) is 18.8 Å². The first-order valence-electron chi connectivity index (χ1n) is 6.13. The molecule has 0 aliphatic carbocycles. The van der Waals surface area contributed by atoms with Gasteiger partial charge >= 0.3 is 0 Å². The third kappa shape index (κ3) is 2.13. The molecule has 1 aliphatic rings. The smallest absolute Gasteiger partial charge is 0.250 e. The third-order valence-corrected chi connectivity index (χ3v) is 3.19. The van der Waals surface area contributed by atoms with Gasteiger partial charge in [0, 0.05) is 12.5 Å². The summed E-state index contributed by atoms with van der Waals surface area (Å²) in [5.41, 5.74) is 0.361. The first kappa shape index (κ1) is 11.3. The SMILES string of the molecule is Fc1ccccc1-c1nnc([C@@H]2CCCNC2)o1. The van der Waals surface area contributed by atoms with Crippen LogP contribution < -0.4 is 5.32 Å². The third-order valence-electron chi connectivity index (χ3n) is 3.19. The summed E-state index contributed by atoms with van der Waals surface area (Å²) in [5, 5.41) is 11.3. The van der Waals surface area contributed by atoms with E-state index in [4.69, 9.17) is 4.42 Å². The van der Waals surface area contributed by atoms with Gasteiger partial charge in [0.05, 0.1) is 5.56 Å². The number of halogens is 1. The predicted octanol–water partition coefficient (Wildman–Crippen LogP) is 2.34. The summed E-state index contributed by atoms with van der Waals surface area (Å²) in [6, 6.07) is 6.43. The molecule has 4 nitrogen and oxygen atoms in total. The fraction of sp³-hybridized carbons (Fsp3) is 0.385. The number of nitrogens with zero attached hydrogens (tertiary/aromatic N) is 2. The van der Waals surface area contributed by atoms with E-state index in [9.17, 15) is 4.39 Å². The molecule has 1 saturated heterocycles. The van der Waals surface area contributed by atoms with Gasteiger partial charge in [0.2, 0.25) is 5.89 Å². The zero-order valence-corrected chi connectivity index (χ0v) is 9.90. The van der Waals surface area contributed by atoms with Gasteiger partial charge in [-0.3, -0.25) is 0 Å². The lowest BCUT2D eigenvalue weighted by atomic mass is 10.00. The fourth-order valence-electron chi connectivity index (χ4n) is 2.21. The van der Waals surface area contributed by atoms with E-state index in [-0.39, 0.29) is 17.6 Å². The number of hydrogen-bond donors (Lipinski definition) is 1. The summed E-state index contributed by atoms with van der Waals surface area (Å²) >= 11 is 0. The lowest BCUT2D eigenvalue weighted by Crippen LogP contribution is -2.28. The Morgan fingerprint density at radius 3 is 2.94 bits per heavy atom. The van der Waals surface area contributed by atoms with Crippen LogP contribution in [0.3, 0.4) is 0 Å². The Morgan fingerprint density at radius 2 is 2.17 bits per heavy atom. The molecule has 3 rings (SSSR count). The number of rotatable bonds is 2. The van der Waals surface area contributed by atoms with E-state index < -0.39 is 0 Å². The summed E-state index contributed by atoms with van der Waals surface area (Å²) in [6.45, 7) is 1.88. The molecule has 18 heavy (non-hydrogen) atoms. The van der Waals surface area contributed by atoms with Gasteiger partial charge in [0.1, 0.15) is 5.82 Å². The number of piperidine rings is 1.